The molecular weight excluding hydrogens is 332 g/mol. The van der Waals surface area contributed by atoms with Crippen LogP contribution >= 0.6 is 15.9 Å². The highest BCUT2D eigenvalue weighted by Crippen LogP contribution is 2.26. The third kappa shape index (κ3) is 4.08. The molecule has 1 aliphatic carbocycles. The molecule has 1 aromatic rings. The molecule has 0 bridgehead atoms. The van der Waals surface area contributed by atoms with E-state index in [1.807, 2.05) is 18.2 Å². The van der Waals surface area contributed by atoms with Crippen molar-refractivity contribution < 1.29 is 9.53 Å². The van der Waals surface area contributed by atoms with Crippen LogP contribution in [-0.4, -0.2) is 19.1 Å². The molecule has 1 amide bonds. The zero-order valence-corrected chi connectivity index (χ0v) is 13.4. The van der Waals surface area contributed by atoms with E-state index < -0.39 is 0 Å². The monoisotopic (exact) mass is 348 g/mol. The standard InChI is InChI=1S/C16H17BrN2O2/c1-21-15-7-6-11(9-14(15)17)8-12(10-18)16(20)19-13-4-2-3-5-13/h6-9,13H,2-5H2,1H3,(H,19,20)/b12-8+. The van der Waals surface area contributed by atoms with Gasteiger partial charge in [0, 0.05) is 6.04 Å². The fraction of sp³-hybridized carbons (Fsp3) is 0.375. The van der Waals surface area contributed by atoms with Gasteiger partial charge in [-0.2, -0.15) is 5.26 Å². The summed E-state index contributed by atoms with van der Waals surface area (Å²) in [5, 5.41) is 12.1. The lowest BCUT2D eigenvalue weighted by atomic mass is 10.1. The second-order valence-corrected chi connectivity index (χ2v) is 5.87. The molecule has 0 saturated heterocycles. The van der Waals surface area contributed by atoms with Gasteiger partial charge in [0.1, 0.15) is 17.4 Å². The topological polar surface area (TPSA) is 62.1 Å². The van der Waals surface area contributed by atoms with Crippen LogP contribution in [-0.2, 0) is 4.79 Å². The van der Waals surface area contributed by atoms with Crippen LogP contribution in [0.15, 0.2) is 28.2 Å². The third-order valence-electron chi connectivity index (χ3n) is 3.54. The number of rotatable bonds is 4. The van der Waals surface area contributed by atoms with E-state index in [1.54, 1.807) is 19.3 Å². The number of halogens is 1. The van der Waals surface area contributed by atoms with E-state index >= 15 is 0 Å². The smallest absolute Gasteiger partial charge is 0.262 e. The molecule has 0 unspecified atom stereocenters. The molecule has 21 heavy (non-hydrogen) atoms. The summed E-state index contributed by atoms with van der Waals surface area (Å²) in [4.78, 5) is 12.1. The summed E-state index contributed by atoms with van der Waals surface area (Å²) in [5.41, 5.74) is 0.903. The van der Waals surface area contributed by atoms with E-state index in [2.05, 4.69) is 21.2 Å². The lowest BCUT2D eigenvalue weighted by Crippen LogP contribution is -2.33. The predicted octanol–water partition coefficient (Wildman–Crippen LogP) is 3.42. The minimum absolute atomic E-state index is 0.124. The van der Waals surface area contributed by atoms with E-state index in [0.29, 0.717) is 5.75 Å². The van der Waals surface area contributed by atoms with Gasteiger partial charge in [0.05, 0.1) is 11.6 Å². The van der Waals surface area contributed by atoms with Crippen molar-refractivity contribution in [3.63, 3.8) is 0 Å². The van der Waals surface area contributed by atoms with Gasteiger partial charge in [0.25, 0.3) is 5.91 Å². The minimum atomic E-state index is -0.295. The van der Waals surface area contributed by atoms with Gasteiger partial charge in [-0.25, -0.2) is 0 Å². The lowest BCUT2D eigenvalue weighted by Gasteiger charge is -2.11. The lowest BCUT2D eigenvalue weighted by molar-refractivity contribution is -0.117. The van der Waals surface area contributed by atoms with Crippen LogP contribution in [0.2, 0.25) is 0 Å². The molecule has 5 heteroatoms. The summed E-state index contributed by atoms with van der Waals surface area (Å²) in [7, 11) is 1.59. The van der Waals surface area contributed by atoms with Gasteiger partial charge < -0.3 is 10.1 Å². The maximum Gasteiger partial charge on any atom is 0.262 e. The Morgan fingerprint density at radius 3 is 2.76 bits per heavy atom. The molecule has 1 aliphatic rings. The number of methoxy groups -OCH3 is 1. The maximum absolute atomic E-state index is 12.1. The molecule has 4 nitrogen and oxygen atoms in total. The average molecular weight is 349 g/mol. The Balaban J connectivity index is 2.14. The van der Waals surface area contributed by atoms with Gasteiger partial charge in [-0.3, -0.25) is 4.79 Å². The molecule has 1 fully saturated rings. The first-order chi connectivity index (χ1) is 10.1. The van der Waals surface area contributed by atoms with Gasteiger partial charge in [-0.15, -0.1) is 0 Å². The first kappa shape index (κ1) is 15.6. The molecule has 110 valence electrons. The van der Waals surface area contributed by atoms with Gasteiger partial charge in [-0.05, 0) is 52.5 Å². The largest absolute Gasteiger partial charge is 0.496 e. The molecule has 2 rings (SSSR count). The Morgan fingerprint density at radius 1 is 1.48 bits per heavy atom. The summed E-state index contributed by atoms with van der Waals surface area (Å²) in [6.45, 7) is 0. The number of nitrogens with one attached hydrogen (secondary N) is 1. The number of carbonyl (C=O) groups excluding carboxylic acids is 1. The summed E-state index contributed by atoms with van der Waals surface area (Å²) in [6.07, 6.45) is 5.87. The van der Waals surface area contributed by atoms with Crippen molar-refractivity contribution in [1.29, 1.82) is 5.26 Å². The molecule has 1 aromatic carbocycles. The zero-order valence-electron chi connectivity index (χ0n) is 11.9. The quantitative estimate of drug-likeness (QED) is 0.669. The Hall–Kier alpha value is -1.80. The van der Waals surface area contributed by atoms with E-state index in [-0.39, 0.29) is 17.5 Å². The second-order valence-electron chi connectivity index (χ2n) is 5.02. The number of hydrogen-bond acceptors (Lipinski definition) is 3. The van der Waals surface area contributed by atoms with Gasteiger partial charge in [-0.1, -0.05) is 18.9 Å². The average Bonchev–Trinajstić information content (AvgIpc) is 2.97. The van der Waals surface area contributed by atoms with Crippen molar-refractivity contribution >= 4 is 27.9 Å². The number of nitrogens with zero attached hydrogens (tertiary/aromatic N) is 1. The van der Waals surface area contributed by atoms with Crippen LogP contribution in [0.5, 0.6) is 5.75 Å². The Bertz CT molecular complexity index is 599. The van der Waals surface area contributed by atoms with Crippen LogP contribution in [0.3, 0.4) is 0 Å². The third-order valence-corrected chi connectivity index (χ3v) is 4.16. The fourth-order valence-electron chi connectivity index (χ4n) is 2.42. The highest BCUT2D eigenvalue weighted by molar-refractivity contribution is 9.10. The van der Waals surface area contributed by atoms with Crippen molar-refractivity contribution in [2.45, 2.75) is 31.7 Å². The van der Waals surface area contributed by atoms with Crippen molar-refractivity contribution in [2.75, 3.05) is 7.11 Å². The van der Waals surface area contributed by atoms with Crippen LogP contribution in [0.1, 0.15) is 31.2 Å². The van der Waals surface area contributed by atoms with Crippen LogP contribution in [0.4, 0.5) is 0 Å². The number of nitriles is 1. The predicted molar refractivity (Wildman–Crippen MR) is 84.7 cm³/mol. The Labute approximate surface area is 132 Å². The minimum Gasteiger partial charge on any atom is -0.496 e. The highest BCUT2D eigenvalue weighted by atomic mass is 79.9. The van der Waals surface area contributed by atoms with E-state index in [1.165, 1.54) is 0 Å². The van der Waals surface area contributed by atoms with E-state index in [0.717, 1.165) is 35.7 Å². The number of ether oxygens (including phenoxy) is 1. The zero-order chi connectivity index (χ0) is 15.2. The second kappa shape index (κ2) is 7.28. The van der Waals surface area contributed by atoms with E-state index in [4.69, 9.17) is 4.74 Å². The molecule has 0 spiro atoms. The molecule has 0 radical (unpaired) electrons. The molecule has 0 atom stereocenters. The van der Waals surface area contributed by atoms with Crippen molar-refractivity contribution in [3.05, 3.63) is 33.8 Å². The molecular formula is C16H17BrN2O2. The molecule has 1 saturated carbocycles. The first-order valence-corrected chi connectivity index (χ1v) is 7.69. The highest BCUT2D eigenvalue weighted by Gasteiger charge is 2.19. The SMILES string of the molecule is COc1ccc(/C=C(\C#N)C(=O)NC2CCCC2)cc1Br. The molecule has 0 aromatic heterocycles. The first-order valence-electron chi connectivity index (χ1n) is 6.90. The molecule has 0 heterocycles. The van der Waals surface area contributed by atoms with Crippen LogP contribution in [0, 0.1) is 11.3 Å². The summed E-state index contributed by atoms with van der Waals surface area (Å²) in [6, 6.07) is 7.60. The number of hydrogen-bond donors (Lipinski definition) is 1. The summed E-state index contributed by atoms with van der Waals surface area (Å²) >= 11 is 3.39. The summed E-state index contributed by atoms with van der Waals surface area (Å²) in [5.74, 6) is 0.414. The Morgan fingerprint density at radius 2 is 2.19 bits per heavy atom. The van der Waals surface area contributed by atoms with Crippen molar-refractivity contribution in [1.82, 2.24) is 5.32 Å². The van der Waals surface area contributed by atoms with Crippen LogP contribution in [0.25, 0.3) is 6.08 Å². The van der Waals surface area contributed by atoms with Gasteiger partial charge in [0.2, 0.25) is 0 Å². The van der Waals surface area contributed by atoms with Gasteiger partial charge in [0.15, 0.2) is 0 Å². The number of benzene rings is 1. The number of carbonyl (C=O) groups is 1. The molecule has 1 N–H and O–H groups in total. The Kier molecular flexibility index (Phi) is 5.40. The van der Waals surface area contributed by atoms with Gasteiger partial charge >= 0.3 is 0 Å². The van der Waals surface area contributed by atoms with Crippen molar-refractivity contribution in [3.8, 4) is 11.8 Å². The number of amides is 1. The maximum atomic E-state index is 12.1. The van der Waals surface area contributed by atoms with Crippen LogP contribution < -0.4 is 10.1 Å². The normalized spacial score (nSPS) is 15.6. The van der Waals surface area contributed by atoms with E-state index in [9.17, 15) is 10.1 Å². The van der Waals surface area contributed by atoms with Crippen molar-refractivity contribution in [2.24, 2.45) is 0 Å². The molecule has 0 aliphatic heterocycles. The fourth-order valence-corrected chi connectivity index (χ4v) is 2.98. The summed E-state index contributed by atoms with van der Waals surface area (Å²) < 4.78 is 5.94.